The molecule has 0 aromatic rings. The Bertz CT molecular complexity index is 267. The van der Waals surface area contributed by atoms with Crippen molar-refractivity contribution in [2.75, 3.05) is 20.7 Å². The third-order valence-electron chi connectivity index (χ3n) is 4.23. The lowest BCUT2D eigenvalue weighted by Crippen LogP contribution is -2.59. The molecule has 0 aromatic heterocycles. The second-order valence-electron chi connectivity index (χ2n) is 5.28. The summed E-state index contributed by atoms with van der Waals surface area (Å²) in [5.74, 6) is 1.02. The monoisotopic (exact) mass is 224 g/mol. The number of hydrogen-bond acceptors (Lipinski definition) is 3. The van der Waals surface area contributed by atoms with Crippen molar-refractivity contribution in [1.29, 1.82) is 0 Å². The summed E-state index contributed by atoms with van der Waals surface area (Å²) in [4.78, 5) is 2.32. The van der Waals surface area contributed by atoms with Gasteiger partial charge in [0, 0.05) is 12.0 Å². The number of likely N-dealkylation sites (N-methyl/N-ethyl adjacent to an activating group) is 1. The van der Waals surface area contributed by atoms with Crippen molar-refractivity contribution in [2.24, 2.45) is 5.73 Å². The maximum Gasteiger partial charge on any atom is 0.111 e. The normalized spacial score (nSPS) is 26.4. The molecule has 1 heterocycles. The smallest absolute Gasteiger partial charge is 0.111 e. The van der Waals surface area contributed by atoms with Gasteiger partial charge in [0.05, 0.1) is 12.6 Å². The number of nitrogens with zero attached hydrogens (tertiary/aromatic N) is 1. The van der Waals surface area contributed by atoms with E-state index in [0.717, 1.165) is 18.8 Å². The Kier molecular flexibility index (Phi) is 3.55. The minimum Gasteiger partial charge on any atom is -0.496 e. The lowest BCUT2D eigenvalue weighted by molar-refractivity contribution is 0.0606. The maximum atomic E-state index is 6.45. The van der Waals surface area contributed by atoms with Gasteiger partial charge in [-0.1, -0.05) is 19.3 Å². The molecule has 1 aliphatic heterocycles. The van der Waals surface area contributed by atoms with Gasteiger partial charge in [0.1, 0.15) is 5.76 Å². The highest BCUT2D eigenvalue weighted by Gasteiger charge is 2.42. The van der Waals surface area contributed by atoms with Gasteiger partial charge in [-0.2, -0.15) is 0 Å². The van der Waals surface area contributed by atoms with Crippen molar-refractivity contribution in [2.45, 2.75) is 50.1 Å². The van der Waals surface area contributed by atoms with E-state index in [0.29, 0.717) is 0 Å². The molecule has 16 heavy (non-hydrogen) atoms. The molecule has 0 spiro atoms. The fraction of sp³-hybridized carbons (Fsp3) is 0.846. The Labute approximate surface area is 98.6 Å². The molecular formula is C13H24N2O. The molecule has 0 bridgehead atoms. The molecule has 2 N–H and O–H groups in total. The van der Waals surface area contributed by atoms with Gasteiger partial charge in [0.2, 0.25) is 0 Å². The summed E-state index contributed by atoms with van der Waals surface area (Å²) in [6.45, 7) is 0.812. The number of rotatable bonds is 3. The third-order valence-corrected chi connectivity index (χ3v) is 4.23. The molecule has 1 unspecified atom stereocenters. The number of nitrogens with two attached hydrogens (primary N) is 1. The van der Waals surface area contributed by atoms with Crippen LogP contribution in [0.2, 0.25) is 0 Å². The van der Waals surface area contributed by atoms with Gasteiger partial charge in [-0.15, -0.1) is 0 Å². The van der Waals surface area contributed by atoms with Crippen molar-refractivity contribution in [1.82, 2.24) is 4.90 Å². The highest BCUT2D eigenvalue weighted by Crippen LogP contribution is 2.37. The quantitative estimate of drug-likeness (QED) is 0.795. The zero-order chi connectivity index (χ0) is 11.6. The highest BCUT2D eigenvalue weighted by atomic mass is 16.5. The topological polar surface area (TPSA) is 38.5 Å². The Balaban J connectivity index is 2.17. The van der Waals surface area contributed by atoms with Crippen LogP contribution in [0.3, 0.4) is 0 Å². The summed E-state index contributed by atoms with van der Waals surface area (Å²) in [5, 5.41) is 0. The second kappa shape index (κ2) is 4.76. The lowest BCUT2D eigenvalue weighted by atomic mass is 9.75. The largest absolute Gasteiger partial charge is 0.496 e. The van der Waals surface area contributed by atoms with Crippen LogP contribution < -0.4 is 5.73 Å². The molecule has 3 nitrogen and oxygen atoms in total. The van der Waals surface area contributed by atoms with Crippen LogP contribution in [0.25, 0.3) is 0 Å². The Morgan fingerprint density at radius 3 is 2.50 bits per heavy atom. The highest BCUT2D eigenvalue weighted by molar-refractivity contribution is 5.16. The predicted octanol–water partition coefficient (Wildman–Crippen LogP) is 1.88. The van der Waals surface area contributed by atoms with E-state index in [1.165, 1.54) is 32.1 Å². The van der Waals surface area contributed by atoms with Crippen LogP contribution in [0.4, 0.5) is 0 Å². The summed E-state index contributed by atoms with van der Waals surface area (Å²) in [6.07, 6.45) is 9.52. The Morgan fingerprint density at radius 2 is 2.00 bits per heavy atom. The van der Waals surface area contributed by atoms with Crippen LogP contribution >= 0.6 is 0 Å². The van der Waals surface area contributed by atoms with Gasteiger partial charge in [0.25, 0.3) is 0 Å². The predicted molar refractivity (Wildman–Crippen MR) is 66.1 cm³/mol. The fourth-order valence-corrected chi connectivity index (χ4v) is 3.12. The summed E-state index contributed by atoms with van der Waals surface area (Å²) >= 11 is 0. The molecule has 2 rings (SSSR count). The SMILES string of the molecule is CN(C)C1(C(N)C2=CCCO2)CCCCC1. The molecule has 1 saturated carbocycles. The summed E-state index contributed by atoms with van der Waals surface area (Å²) < 4.78 is 5.65. The van der Waals surface area contributed by atoms with Crippen molar-refractivity contribution in [3.8, 4) is 0 Å². The van der Waals surface area contributed by atoms with Crippen molar-refractivity contribution < 1.29 is 4.74 Å². The zero-order valence-electron chi connectivity index (χ0n) is 10.5. The Morgan fingerprint density at radius 1 is 1.31 bits per heavy atom. The van der Waals surface area contributed by atoms with Crippen LogP contribution in [0.5, 0.6) is 0 Å². The lowest BCUT2D eigenvalue weighted by Gasteiger charge is -2.47. The van der Waals surface area contributed by atoms with E-state index >= 15 is 0 Å². The van der Waals surface area contributed by atoms with Crippen LogP contribution in [0.1, 0.15) is 38.5 Å². The van der Waals surface area contributed by atoms with Crippen molar-refractivity contribution >= 4 is 0 Å². The van der Waals surface area contributed by atoms with E-state index in [9.17, 15) is 0 Å². The standard InChI is InChI=1S/C13H24N2O/c1-15(2)13(8-4-3-5-9-13)12(14)11-7-6-10-16-11/h7,12H,3-6,8-10,14H2,1-2H3. The average Bonchev–Trinajstić information content (AvgIpc) is 2.82. The second-order valence-corrected chi connectivity index (χ2v) is 5.28. The molecule has 0 aromatic carbocycles. The van der Waals surface area contributed by atoms with E-state index in [-0.39, 0.29) is 11.6 Å². The van der Waals surface area contributed by atoms with Crippen LogP contribution in [-0.4, -0.2) is 37.2 Å². The molecule has 92 valence electrons. The summed E-state index contributed by atoms with van der Waals surface area (Å²) in [6, 6.07) is 0.0466. The molecule has 1 atom stereocenters. The van der Waals surface area contributed by atoms with E-state index in [1.54, 1.807) is 0 Å². The third kappa shape index (κ3) is 1.98. The minimum atomic E-state index is 0.0466. The number of ether oxygens (including phenoxy) is 1. The van der Waals surface area contributed by atoms with Crippen LogP contribution in [0.15, 0.2) is 11.8 Å². The first kappa shape index (κ1) is 11.9. The van der Waals surface area contributed by atoms with Gasteiger partial charge in [-0.05, 0) is 33.0 Å². The molecule has 2 aliphatic rings. The van der Waals surface area contributed by atoms with Gasteiger partial charge in [-0.25, -0.2) is 0 Å². The molecular weight excluding hydrogens is 200 g/mol. The van der Waals surface area contributed by atoms with Crippen LogP contribution in [0, 0.1) is 0 Å². The van der Waals surface area contributed by atoms with Gasteiger partial charge in [0.15, 0.2) is 0 Å². The van der Waals surface area contributed by atoms with Crippen LogP contribution in [-0.2, 0) is 4.74 Å². The van der Waals surface area contributed by atoms with E-state index < -0.39 is 0 Å². The Hall–Kier alpha value is -0.540. The van der Waals surface area contributed by atoms with E-state index in [1.807, 2.05) is 0 Å². The molecule has 1 aliphatic carbocycles. The van der Waals surface area contributed by atoms with Crippen molar-refractivity contribution in [3.63, 3.8) is 0 Å². The zero-order valence-corrected chi connectivity index (χ0v) is 10.5. The fourth-order valence-electron chi connectivity index (χ4n) is 3.12. The first-order chi connectivity index (χ1) is 7.67. The van der Waals surface area contributed by atoms with Gasteiger partial charge in [-0.3, -0.25) is 0 Å². The van der Waals surface area contributed by atoms with Gasteiger partial charge >= 0.3 is 0 Å². The maximum absolute atomic E-state index is 6.45. The summed E-state index contributed by atoms with van der Waals surface area (Å²) in [5.41, 5.74) is 6.57. The molecule has 3 heteroatoms. The molecule has 0 radical (unpaired) electrons. The van der Waals surface area contributed by atoms with E-state index in [2.05, 4.69) is 25.1 Å². The van der Waals surface area contributed by atoms with E-state index in [4.69, 9.17) is 10.5 Å². The average molecular weight is 224 g/mol. The molecule has 0 saturated heterocycles. The summed E-state index contributed by atoms with van der Waals surface area (Å²) in [7, 11) is 4.31. The van der Waals surface area contributed by atoms with Gasteiger partial charge < -0.3 is 15.4 Å². The first-order valence-corrected chi connectivity index (χ1v) is 6.43. The number of hydrogen-bond donors (Lipinski definition) is 1. The molecule has 0 amide bonds. The van der Waals surface area contributed by atoms with Crippen molar-refractivity contribution in [3.05, 3.63) is 11.8 Å². The first-order valence-electron chi connectivity index (χ1n) is 6.43. The molecule has 1 fully saturated rings. The minimum absolute atomic E-state index is 0.0466.